The highest BCUT2D eigenvalue weighted by Gasteiger charge is 2.14. The monoisotopic (exact) mass is 328 g/mol. The molecule has 0 fully saturated rings. The summed E-state index contributed by atoms with van der Waals surface area (Å²) in [5, 5.41) is 28.1. The number of aromatic carboxylic acids is 1. The molecule has 0 aliphatic heterocycles. The number of hydrogen-bond donors (Lipinski definition) is 3. The van der Waals surface area contributed by atoms with E-state index < -0.39 is 11.7 Å². The third-order valence-electron chi connectivity index (χ3n) is 4.15. The fourth-order valence-corrected chi connectivity index (χ4v) is 2.82. The summed E-state index contributed by atoms with van der Waals surface area (Å²) in [6.45, 7) is 0. The molecule has 0 bridgehead atoms. The van der Waals surface area contributed by atoms with E-state index in [0.717, 1.165) is 31.2 Å². The van der Waals surface area contributed by atoms with Gasteiger partial charge >= 0.3 is 5.97 Å². The number of hydrogen-bond acceptors (Lipinski definition) is 3. The van der Waals surface area contributed by atoms with Gasteiger partial charge in [0.25, 0.3) is 0 Å². The van der Waals surface area contributed by atoms with Crippen molar-refractivity contribution in [3.05, 3.63) is 59.2 Å². The second-order valence-corrected chi connectivity index (χ2v) is 6.07. The van der Waals surface area contributed by atoms with Crippen LogP contribution in [0.5, 0.6) is 11.5 Å². The second kappa shape index (κ2) is 8.96. The van der Waals surface area contributed by atoms with E-state index in [4.69, 9.17) is 5.11 Å². The Morgan fingerprint density at radius 2 is 1.38 bits per heavy atom. The van der Waals surface area contributed by atoms with Crippen LogP contribution >= 0.6 is 0 Å². The SMILES string of the molecule is O=C(O)c1cc(CCCCCCCc2ccccc2)cc(O)c1O. The van der Waals surface area contributed by atoms with Gasteiger partial charge in [-0.25, -0.2) is 4.79 Å². The topological polar surface area (TPSA) is 77.8 Å². The number of carbonyl (C=O) groups is 1. The average Bonchev–Trinajstić information content (AvgIpc) is 2.57. The Balaban J connectivity index is 1.68. The van der Waals surface area contributed by atoms with Gasteiger partial charge in [-0.15, -0.1) is 0 Å². The second-order valence-electron chi connectivity index (χ2n) is 6.07. The molecule has 0 aliphatic carbocycles. The molecule has 24 heavy (non-hydrogen) atoms. The van der Waals surface area contributed by atoms with E-state index >= 15 is 0 Å². The zero-order chi connectivity index (χ0) is 17.4. The van der Waals surface area contributed by atoms with Crippen LogP contribution in [0.25, 0.3) is 0 Å². The standard InChI is InChI=1S/C20H24O4/c21-18-14-16(13-17(19(18)22)20(23)24)12-6-3-1-2-5-9-15-10-7-4-8-11-15/h4,7-8,10-11,13-14,21-22H,1-3,5-6,9,12H2,(H,23,24). The maximum absolute atomic E-state index is 11.0. The van der Waals surface area contributed by atoms with Crippen molar-refractivity contribution in [2.45, 2.75) is 44.9 Å². The van der Waals surface area contributed by atoms with Gasteiger partial charge in [0.15, 0.2) is 11.5 Å². The van der Waals surface area contributed by atoms with Crippen molar-refractivity contribution in [1.82, 2.24) is 0 Å². The van der Waals surface area contributed by atoms with Crippen LogP contribution < -0.4 is 0 Å². The lowest BCUT2D eigenvalue weighted by molar-refractivity contribution is 0.0693. The summed E-state index contributed by atoms with van der Waals surface area (Å²) in [4.78, 5) is 11.0. The molecule has 0 aliphatic rings. The van der Waals surface area contributed by atoms with Crippen LogP contribution in [0.4, 0.5) is 0 Å². The van der Waals surface area contributed by atoms with Crippen molar-refractivity contribution < 1.29 is 20.1 Å². The number of aromatic hydroxyl groups is 2. The predicted molar refractivity (Wildman–Crippen MR) is 93.7 cm³/mol. The first kappa shape index (κ1) is 17.9. The van der Waals surface area contributed by atoms with Gasteiger partial charge in [-0.2, -0.15) is 0 Å². The molecule has 0 unspecified atom stereocenters. The number of rotatable bonds is 9. The van der Waals surface area contributed by atoms with Gasteiger partial charge in [0.1, 0.15) is 5.56 Å². The van der Waals surface area contributed by atoms with E-state index in [9.17, 15) is 15.0 Å². The van der Waals surface area contributed by atoms with Gasteiger partial charge in [0.05, 0.1) is 0 Å². The molecule has 2 aromatic rings. The van der Waals surface area contributed by atoms with E-state index in [0.29, 0.717) is 6.42 Å². The van der Waals surface area contributed by atoms with Gasteiger partial charge < -0.3 is 15.3 Å². The highest BCUT2D eigenvalue weighted by Crippen LogP contribution is 2.31. The smallest absolute Gasteiger partial charge is 0.339 e. The lowest BCUT2D eigenvalue weighted by Gasteiger charge is -2.07. The number of unbranched alkanes of at least 4 members (excludes halogenated alkanes) is 4. The molecule has 3 N–H and O–H groups in total. The first-order valence-corrected chi connectivity index (χ1v) is 8.40. The molecule has 2 aromatic carbocycles. The van der Waals surface area contributed by atoms with Crippen molar-refractivity contribution in [1.29, 1.82) is 0 Å². The zero-order valence-electron chi connectivity index (χ0n) is 13.7. The Kier molecular flexibility index (Phi) is 6.67. The average molecular weight is 328 g/mol. The maximum Gasteiger partial charge on any atom is 0.339 e. The molecule has 0 saturated carbocycles. The predicted octanol–water partition coefficient (Wildman–Crippen LogP) is 4.53. The Hall–Kier alpha value is -2.49. The van der Waals surface area contributed by atoms with E-state index in [1.54, 1.807) is 0 Å². The molecule has 0 spiro atoms. The third kappa shape index (κ3) is 5.30. The number of phenols is 2. The maximum atomic E-state index is 11.0. The summed E-state index contributed by atoms with van der Waals surface area (Å²) < 4.78 is 0. The molecular weight excluding hydrogens is 304 g/mol. The molecule has 4 heteroatoms. The van der Waals surface area contributed by atoms with Crippen molar-refractivity contribution in [2.24, 2.45) is 0 Å². The van der Waals surface area contributed by atoms with Gasteiger partial charge in [0.2, 0.25) is 0 Å². The minimum Gasteiger partial charge on any atom is -0.504 e. The third-order valence-corrected chi connectivity index (χ3v) is 4.15. The van der Waals surface area contributed by atoms with E-state index in [-0.39, 0.29) is 11.3 Å². The number of benzene rings is 2. The summed E-state index contributed by atoms with van der Waals surface area (Å²) in [6, 6.07) is 13.3. The molecule has 4 nitrogen and oxygen atoms in total. The van der Waals surface area contributed by atoms with Gasteiger partial charge in [-0.05, 0) is 48.9 Å². The quantitative estimate of drug-likeness (QED) is 0.467. The molecule has 128 valence electrons. The Morgan fingerprint density at radius 3 is 2.00 bits per heavy atom. The Labute approximate surface area is 142 Å². The van der Waals surface area contributed by atoms with Gasteiger partial charge in [-0.3, -0.25) is 0 Å². The van der Waals surface area contributed by atoms with Crippen LogP contribution in [0.15, 0.2) is 42.5 Å². The highest BCUT2D eigenvalue weighted by atomic mass is 16.4. The molecule has 0 saturated heterocycles. The lowest BCUT2D eigenvalue weighted by Crippen LogP contribution is -1.99. The lowest BCUT2D eigenvalue weighted by atomic mass is 10.0. The summed E-state index contributed by atoms with van der Waals surface area (Å²) in [7, 11) is 0. The van der Waals surface area contributed by atoms with Crippen molar-refractivity contribution in [2.75, 3.05) is 0 Å². The van der Waals surface area contributed by atoms with E-state index in [1.807, 2.05) is 6.07 Å². The fourth-order valence-electron chi connectivity index (χ4n) is 2.82. The Bertz CT molecular complexity index is 665. The van der Waals surface area contributed by atoms with E-state index in [2.05, 4.69) is 24.3 Å². The molecule has 0 aromatic heterocycles. The summed E-state index contributed by atoms with van der Waals surface area (Å²) in [5.74, 6) is -2.16. The summed E-state index contributed by atoms with van der Waals surface area (Å²) in [6.07, 6.45) is 7.31. The van der Waals surface area contributed by atoms with Gasteiger partial charge in [-0.1, -0.05) is 49.6 Å². The van der Waals surface area contributed by atoms with Crippen molar-refractivity contribution >= 4 is 5.97 Å². The molecule has 0 heterocycles. The summed E-state index contributed by atoms with van der Waals surface area (Å²) in [5.41, 5.74) is 1.87. The van der Waals surface area contributed by atoms with Crippen molar-refractivity contribution in [3.63, 3.8) is 0 Å². The van der Waals surface area contributed by atoms with Crippen LogP contribution in [0, 0.1) is 0 Å². The van der Waals surface area contributed by atoms with Crippen molar-refractivity contribution in [3.8, 4) is 11.5 Å². The minimum atomic E-state index is -1.23. The number of aryl methyl sites for hydroxylation is 2. The van der Waals surface area contributed by atoms with E-state index in [1.165, 1.54) is 30.5 Å². The summed E-state index contributed by atoms with van der Waals surface area (Å²) >= 11 is 0. The normalized spacial score (nSPS) is 10.7. The van der Waals surface area contributed by atoms with Crippen LogP contribution in [0.1, 0.15) is 53.6 Å². The molecule has 0 atom stereocenters. The molecule has 0 amide bonds. The number of phenolic OH excluding ortho intramolecular Hbond substituents is 1. The zero-order valence-corrected chi connectivity index (χ0v) is 13.7. The van der Waals surface area contributed by atoms with Crippen LogP contribution in [0.3, 0.4) is 0 Å². The highest BCUT2D eigenvalue weighted by molar-refractivity contribution is 5.92. The van der Waals surface area contributed by atoms with Crippen LogP contribution in [-0.4, -0.2) is 21.3 Å². The Morgan fingerprint density at radius 1 is 0.792 bits per heavy atom. The first-order chi connectivity index (χ1) is 11.6. The number of carboxylic acid groups (broad SMARTS) is 1. The minimum absolute atomic E-state index is 0.243. The fraction of sp³-hybridized carbons (Fsp3) is 0.350. The van der Waals surface area contributed by atoms with Crippen LogP contribution in [0.2, 0.25) is 0 Å². The molecule has 0 radical (unpaired) electrons. The molecular formula is C20H24O4. The largest absolute Gasteiger partial charge is 0.504 e. The first-order valence-electron chi connectivity index (χ1n) is 8.40. The van der Waals surface area contributed by atoms with Gasteiger partial charge in [0, 0.05) is 0 Å². The number of carboxylic acids is 1. The van der Waals surface area contributed by atoms with Crippen LogP contribution in [-0.2, 0) is 12.8 Å². The molecule has 2 rings (SSSR count).